The van der Waals surface area contributed by atoms with E-state index in [2.05, 4.69) is 25.6 Å². The fraction of sp³-hybridized carbons (Fsp3) is 0.286. The van der Waals surface area contributed by atoms with Gasteiger partial charge in [-0.3, -0.25) is 14.3 Å². The normalized spacial score (nSPS) is 18.2. The Morgan fingerprint density at radius 2 is 1.76 bits per heavy atom. The number of anilines is 2. The van der Waals surface area contributed by atoms with E-state index in [0.717, 1.165) is 36.6 Å². The Kier molecular flexibility index (Phi) is 5.20. The summed E-state index contributed by atoms with van der Waals surface area (Å²) < 4.78 is 1.42. The molecule has 0 unspecified atom stereocenters. The summed E-state index contributed by atoms with van der Waals surface area (Å²) in [6.45, 7) is 1.92. The minimum Gasteiger partial charge on any atom is -0.367 e. The van der Waals surface area contributed by atoms with Gasteiger partial charge in [-0.1, -0.05) is 0 Å². The summed E-state index contributed by atoms with van der Waals surface area (Å²) in [6, 6.07) is 9.27. The molecule has 29 heavy (non-hydrogen) atoms. The second-order valence-corrected chi connectivity index (χ2v) is 7.18. The van der Waals surface area contributed by atoms with Crippen LogP contribution in [0.3, 0.4) is 0 Å². The van der Waals surface area contributed by atoms with Crippen molar-refractivity contribution in [3.8, 4) is 11.8 Å². The molecule has 4 rings (SSSR count). The molecule has 0 saturated heterocycles. The van der Waals surface area contributed by atoms with E-state index in [1.54, 1.807) is 18.6 Å². The second kappa shape index (κ2) is 8.10. The minimum atomic E-state index is -0.199. The predicted octanol–water partition coefficient (Wildman–Crippen LogP) is 2.65. The van der Waals surface area contributed by atoms with Gasteiger partial charge in [-0.05, 0) is 44.4 Å². The van der Waals surface area contributed by atoms with E-state index in [0.29, 0.717) is 23.3 Å². The lowest BCUT2D eigenvalue weighted by Gasteiger charge is -2.16. The first-order valence-electron chi connectivity index (χ1n) is 9.51. The molecule has 2 N–H and O–H groups in total. The molecule has 3 aromatic heterocycles. The predicted molar refractivity (Wildman–Crippen MR) is 110 cm³/mol. The van der Waals surface area contributed by atoms with Gasteiger partial charge in [0.1, 0.15) is 17.7 Å². The summed E-state index contributed by atoms with van der Waals surface area (Å²) in [5.41, 5.74) is 1.75. The topological polar surface area (TPSA) is 109 Å². The Morgan fingerprint density at radius 3 is 2.41 bits per heavy atom. The van der Waals surface area contributed by atoms with Crippen LogP contribution in [0.25, 0.3) is 5.69 Å². The van der Waals surface area contributed by atoms with Gasteiger partial charge >= 0.3 is 0 Å². The van der Waals surface area contributed by atoms with Crippen molar-refractivity contribution in [2.24, 2.45) is 0 Å². The fourth-order valence-corrected chi connectivity index (χ4v) is 3.50. The minimum absolute atomic E-state index is 0.199. The lowest BCUT2D eigenvalue weighted by molar-refractivity contribution is 0.719. The molecule has 8 nitrogen and oxygen atoms in total. The molecule has 3 heterocycles. The maximum absolute atomic E-state index is 12.0. The molecule has 1 aliphatic carbocycles. The highest BCUT2D eigenvalue weighted by molar-refractivity contribution is 5.43. The number of hydrogen-bond acceptors (Lipinski definition) is 7. The van der Waals surface area contributed by atoms with E-state index in [-0.39, 0.29) is 5.56 Å². The van der Waals surface area contributed by atoms with Crippen LogP contribution < -0.4 is 16.2 Å². The van der Waals surface area contributed by atoms with Crippen LogP contribution in [-0.4, -0.2) is 31.6 Å². The van der Waals surface area contributed by atoms with Gasteiger partial charge in [0.2, 0.25) is 0 Å². The van der Waals surface area contributed by atoms with Crippen molar-refractivity contribution in [1.82, 2.24) is 19.5 Å². The van der Waals surface area contributed by atoms with Crippen LogP contribution in [0, 0.1) is 18.3 Å². The molecule has 1 aliphatic rings. The number of aromatic nitrogens is 4. The zero-order chi connectivity index (χ0) is 20.2. The molecule has 8 heteroatoms. The van der Waals surface area contributed by atoms with Crippen LogP contribution in [0.2, 0.25) is 0 Å². The molecule has 1 fully saturated rings. The Labute approximate surface area is 168 Å². The lowest BCUT2D eigenvalue weighted by Crippen LogP contribution is -2.22. The third-order valence-corrected chi connectivity index (χ3v) is 4.98. The molecule has 0 amide bonds. The Morgan fingerprint density at radius 1 is 1.00 bits per heavy atom. The van der Waals surface area contributed by atoms with Gasteiger partial charge in [0.25, 0.3) is 5.56 Å². The fourth-order valence-electron chi connectivity index (χ4n) is 3.50. The van der Waals surface area contributed by atoms with Crippen LogP contribution in [0.5, 0.6) is 0 Å². The Hall–Kier alpha value is -3.73. The average Bonchev–Trinajstić information content (AvgIpc) is 3.17. The standard InChI is InChI=1S/C21H21N7O/c1-14-10-24-20(12-23-14)27-17-4-3-16(8-17)26-19-6-5-18(11-25-19)28-13-15(9-22)2-7-21(28)29/h2,5-7,10-13,16-17H,3-4,8H2,1H3,(H,24,27)(H,25,26)/t16-,17-/m0/s1. The van der Waals surface area contributed by atoms with Gasteiger partial charge in [0.05, 0.1) is 35.5 Å². The van der Waals surface area contributed by atoms with Crippen molar-refractivity contribution >= 4 is 11.6 Å². The summed E-state index contributed by atoms with van der Waals surface area (Å²) in [7, 11) is 0. The van der Waals surface area contributed by atoms with Crippen LogP contribution in [-0.2, 0) is 0 Å². The summed E-state index contributed by atoms with van der Waals surface area (Å²) in [6.07, 6.45) is 9.72. The van der Waals surface area contributed by atoms with Crippen molar-refractivity contribution in [3.05, 3.63) is 70.7 Å². The van der Waals surface area contributed by atoms with Crippen molar-refractivity contribution in [1.29, 1.82) is 5.26 Å². The number of nitriles is 1. The summed E-state index contributed by atoms with van der Waals surface area (Å²) in [5.74, 6) is 1.56. The van der Waals surface area contributed by atoms with Gasteiger partial charge in [-0.2, -0.15) is 5.26 Å². The number of nitrogens with zero attached hydrogens (tertiary/aromatic N) is 5. The SMILES string of the molecule is Cc1cnc(N[C@H]2CC[C@H](Nc3ccc(-n4cc(C#N)ccc4=O)cn3)C2)cn1. The first kappa shape index (κ1) is 18.6. The Balaban J connectivity index is 1.38. The highest BCUT2D eigenvalue weighted by Crippen LogP contribution is 2.25. The summed E-state index contributed by atoms with van der Waals surface area (Å²) >= 11 is 0. The zero-order valence-electron chi connectivity index (χ0n) is 16.0. The van der Waals surface area contributed by atoms with E-state index < -0.39 is 0 Å². The third kappa shape index (κ3) is 4.41. The smallest absolute Gasteiger partial charge is 0.255 e. The van der Waals surface area contributed by atoms with Crippen LogP contribution in [0.1, 0.15) is 30.5 Å². The number of hydrogen-bond donors (Lipinski definition) is 2. The molecule has 0 radical (unpaired) electrons. The number of pyridine rings is 2. The molecule has 3 aromatic rings. The lowest BCUT2D eigenvalue weighted by atomic mass is 10.2. The Bertz CT molecular complexity index is 1080. The third-order valence-electron chi connectivity index (χ3n) is 4.98. The molecule has 1 saturated carbocycles. The van der Waals surface area contributed by atoms with Crippen LogP contribution in [0.4, 0.5) is 11.6 Å². The molecule has 0 aliphatic heterocycles. The van der Waals surface area contributed by atoms with Crippen molar-refractivity contribution in [2.45, 2.75) is 38.3 Å². The van der Waals surface area contributed by atoms with E-state index in [1.165, 1.54) is 22.9 Å². The summed E-state index contributed by atoms with van der Waals surface area (Å²) in [5, 5.41) is 15.9. The van der Waals surface area contributed by atoms with E-state index in [9.17, 15) is 4.79 Å². The first-order chi connectivity index (χ1) is 14.1. The number of aryl methyl sites for hydroxylation is 1. The molecule has 0 bridgehead atoms. The maximum Gasteiger partial charge on any atom is 0.255 e. The zero-order valence-corrected chi connectivity index (χ0v) is 16.0. The van der Waals surface area contributed by atoms with Crippen molar-refractivity contribution in [3.63, 3.8) is 0 Å². The van der Waals surface area contributed by atoms with E-state index >= 15 is 0 Å². The highest BCUT2D eigenvalue weighted by atomic mass is 16.1. The molecular weight excluding hydrogens is 366 g/mol. The number of nitrogens with one attached hydrogen (secondary N) is 2. The second-order valence-electron chi connectivity index (χ2n) is 7.18. The van der Waals surface area contributed by atoms with Gasteiger partial charge < -0.3 is 10.6 Å². The summed E-state index contributed by atoms with van der Waals surface area (Å²) in [4.78, 5) is 25.1. The van der Waals surface area contributed by atoms with Gasteiger partial charge in [0, 0.05) is 24.3 Å². The van der Waals surface area contributed by atoms with Crippen LogP contribution >= 0.6 is 0 Å². The highest BCUT2D eigenvalue weighted by Gasteiger charge is 2.25. The van der Waals surface area contributed by atoms with Gasteiger partial charge in [0.15, 0.2) is 0 Å². The largest absolute Gasteiger partial charge is 0.367 e. The maximum atomic E-state index is 12.0. The van der Waals surface area contributed by atoms with Crippen molar-refractivity contribution < 1.29 is 0 Å². The quantitative estimate of drug-likeness (QED) is 0.693. The number of rotatable bonds is 5. The van der Waals surface area contributed by atoms with E-state index in [1.807, 2.05) is 25.1 Å². The van der Waals surface area contributed by atoms with Crippen molar-refractivity contribution in [2.75, 3.05) is 10.6 Å². The molecule has 0 spiro atoms. The molecule has 0 aromatic carbocycles. The molecular formula is C21H21N7O. The first-order valence-corrected chi connectivity index (χ1v) is 9.51. The average molecular weight is 387 g/mol. The molecule has 2 atom stereocenters. The van der Waals surface area contributed by atoms with Gasteiger partial charge in [-0.25, -0.2) is 9.97 Å². The monoisotopic (exact) mass is 387 g/mol. The van der Waals surface area contributed by atoms with Gasteiger partial charge in [-0.15, -0.1) is 0 Å². The van der Waals surface area contributed by atoms with Crippen LogP contribution in [0.15, 0.2) is 53.8 Å². The molecule has 146 valence electrons. The van der Waals surface area contributed by atoms with E-state index in [4.69, 9.17) is 5.26 Å².